The van der Waals surface area contributed by atoms with Gasteiger partial charge in [-0.25, -0.2) is 8.42 Å². The van der Waals surface area contributed by atoms with Crippen LogP contribution in [0.5, 0.6) is 0 Å². The quantitative estimate of drug-likeness (QED) is 0.712. The summed E-state index contributed by atoms with van der Waals surface area (Å²) in [4.78, 5) is 2.35. The molecule has 0 aromatic rings. The SMILES string of the molecule is CC(CN)CS(=O)(=O)CCCN1CCCC1. The van der Waals surface area contributed by atoms with Gasteiger partial charge in [0.2, 0.25) is 0 Å². The maximum Gasteiger partial charge on any atom is 0.150 e. The summed E-state index contributed by atoms with van der Waals surface area (Å²) in [6.07, 6.45) is 3.29. The minimum atomic E-state index is -2.89. The molecule has 0 radical (unpaired) electrons. The first kappa shape index (κ1) is 13.9. The molecule has 1 aliphatic rings. The van der Waals surface area contributed by atoms with E-state index in [0.717, 1.165) is 26.1 Å². The van der Waals surface area contributed by atoms with Crippen LogP contribution in [-0.2, 0) is 9.84 Å². The molecule has 2 N–H and O–H groups in total. The second kappa shape index (κ2) is 6.57. The Labute approximate surface area is 99.1 Å². The molecule has 96 valence electrons. The molecule has 1 unspecified atom stereocenters. The fourth-order valence-electron chi connectivity index (χ4n) is 2.10. The van der Waals surface area contributed by atoms with Crippen LogP contribution in [0.25, 0.3) is 0 Å². The van der Waals surface area contributed by atoms with Gasteiger partial charge >= 0.3 is 0 Å². The topological polar surface area (TPSA) is 63.4 Å². The number of likely N-dealkylation sites (tertiary alicyclic amines) is 1. The summed E-state index contributed by atoms with van der Waals surface area (Å²) in [5.41, 5.74) is 5.43. The van der Waals surface area contributed by atoms with Gasteiger partial charge in [-0.1, -0.05) is 6.92 Å². The van der Waals surface area contributed by atoms with Crippen molar-refractivity contribution in [2.45, 2.75) is 26.2 Å². The van der Waals surface area contributed by atoms with E-state index in [-0.39, 0.29) is 11.7 Å². The maximum absolute atomic E-state index is 11.7. The van der Waals surface area contributed by atoms with Gasteiger partial charge in [0.05, 0.1) is 11.5 Å². The van der Waals surface area contributed by atoms with Crippen molar-refractivity contribution in [1.29, 1.82) is 0 Å². The molecule has 0 aromatic heterocycles. The van der Waals surface area contributed by atoms with Gasteiger partial charge in [-0.2, -0.15) is 0 Å². The Hall–Kier alpha value is -0.130. The number of rotatable bonds is 7. The molecule has 0 amide bonds. The molecule has 1 rings (SSSR count). The van der Waals surface area contributed by atoms with Crippen LogP contribution in [0.1, 0.15) is 26.2 Å². The molecule has 0 spiro atoms. The smallest absolute Gasteiger partial charge is 0.150 e. The Morgan fingerprint density at radius 3 is 2.50 bits per heavy atom. The average Bonchev–Trinajstić information content (AvgIpc) is 2.69. The highest BCUT2D eigenvalue weighted by Crippen LogP contribution is 2.09. The van der Waals surface area contributed by atoms with Crippen molar-refractivity contribution in [1.82, 2.24) is 4.90 Å². The lowest BCUT2D eigenvalue weighted by molar-refractivity contribution is 0.340. The van der Waals surface area contributed by atoms with E-state index in [1.54, 1.807) is 0 Å². The van der Waals surface area contributed by atoms with Crippen LogP contribution >= 0.6 is 0 Å². The lowest BCUT2D eigenvalue weighted by Crippen LogP contribution is -2.26. The minimum absolute atomic E-state index is 0.0804. The summed E-state index contributed by atoms with van der Waals surface area (Å²) in [5.74, 6) is 0.633. The summed E-state index contributed by atoms with van der Waals surface area (Å²) in [5, 5.41) is 0. The lowest BCUT2D eigenvalue weighted by atomic mass is 10.2. The van der Waals surface area contributed by atoms with E-state index in [2.05, 4.69) is 4.90 Å². The monoisotopic (exact) mass is 248 g/mol. The standard InChI is InChI=1S/C11H24N2O2S/c1-11(9-12)10-16(14,15)8-4-7-13-5-2-3-6-13/h11H,2-10,12H2,1H3. The van der Waals surface area contributed by atoms with Crippen molar-refractivity contribution in [3.63, 3.8) is 0 Å². The first-order valence-corrected chi connectivity index (χ1v) is 7.98. The van der Waals surface area contributed by atoms with Gasteiger partial charge < -0.3 is 10.6 Å². The Morgan fingerprint density at radius 1 is 1.31 bits per heavy atom. The zero-order valence-corrected chi connectivity index (χ0v) is 11.0. The Bertz CT molecular complexity index is 284. The molecule has 0 aliphatic carbocycles. The summed E-state index contributed by atoms with van der Waals surface area (Å²) >= 11 is 0. The Kier molecular flexibility index (Phi) is 5.72. The fraction of sp³-hybridized carbons (Fsp3) is 1.00. The van der Waals surface area contributed by atoms with Gasteiger partial charge in [-0.3, -0.25) is 0 Å². The van der Waals surface area contributed by atoms with Gasteiger partial charge in [0.25, 0.3) is 0 Å². The third kappa shape index (κ3) is 5.27. The molecule has 0 saturated carbocycles. The van der Waals surface area contributed by atoms with E-state index in [9.17, 15) is 8.42 Å². The number of nitrogens with two attached hydrogens (primary N) is 1. The van der Waals surface area contributed by atoms with Crippen LogP contribution in [0.15, 0.2) is 0 Å². The number of sulfone groups is 1. The van der Waals surface area contributed by atoms with Crippen LogP contribution in [0, 0.1) is 5.92 Å². The predicted octanol–water partition coefficient (Wildman–Crippen LogP) is 0.482. The lowest BCUT2D eigenvalue weighted by Gasteiger charge is -2.14. The summed E-state index contributed by atoms with van der Waals surface area (Å²) in [7, 11) is -2.89. The van der Waals surface area contributed by atoms with E-state index in [4.69, 9.17) is 5.73 Å². The molecule has 4 nitrogen and oxygen atoms in total. The Balaban J connectivity index is 2.19. The second-order valence-electron chi connectivity index (χ2n) is 4.86. The largest absolute Gasteiger partial charge is 0.330 e. The third-order valence-electron chi connectivity index (χ3n) is 3.07. The van der Waals surface area contributed by atoms with Crippen LogP contribution < -0.4 is 5.73 Å². The highest BCUT2D eigenvalue weighted by Gasteiger charge is 2.16. The zero-order chi connectivity index (χ0) is 12.0. The normalized spacial score (nSPS) is 20.1. The molecule has 0 bridgehead atoms. The van der Waals surface area contributed by atoms with Gasteiger partial charge in [0.15, 0.2) is 9.84 Å². The van der Waals surface area contributed by atoms with Crippen LogP contribution in [0.2, 0.25) is 0 Å². The first-order valence-electron chi connectivity index (χ1n) is 6.16. The summed E-state index contributed by atoms with van der Waals surface area (Å²) in [6, 6.07) is 0. The van der Waals surface area contributed by atoms with Crippen molar-refractivity contribution in [2.75, 3.05) is 37.7 Å². The predicted molar refractivity (Wildman–Crippen MR) is 67.2 cm³/mol. The van der Waals surface area contributed by atoms with E-state index < -0.39 is 9.84 Å². The van der Waals surface area contributed by atoms with Gasteiger partial charge in [-0.15, -0.1) is 0 Å². The number of nitrogens with zero attached hydrogens (tertiary/aromatic N) is 1. The van der Waals surface area contributed by atoms with Gasteiger partial charge in [0, 0.05) is 0 Å². The fourth-order valence-corrected chi connectivity index (χ4v) is 3.84. The third-order valence-corrected chi connectivity index (χ3v) is 5.06. The number of hydrogen-bond donors (Lipinski definition) is 1. The molecule has 1 atom stereocenters. The van der Waals surface area contributed by atoms with Crippen molar-refractivity contribution >= 4 is 9.84 Å². The van der Waals surface area contributed by atoms with Crippen LogP contribution in [0.3, 0.4) is 0 Å². The molecular formula is C11H24N2O2S. The molecule has 0 aromatic carbocycles. The molecule has 5 heteroatoms. The van der Waals surface area contributed by atoms with Crippen molar-refractivity contribution in [3.05, 3.63) is 0 Å². The molecule has 16 heavy (non-hydrogen) atoms. The molecule has 1 heterocycles. The second-order valence-corrected chi connectivity index (χ2v) is 7.09. The summed E-state index contributed by atoms with van der Waals surface area (Å²) in [6.45, 7) is 5.54. The van der Waals surface area contributed by atoms with E-state index in [0.29, 0.717) is 12.3 Å². The van der Waals surface area contributed by atoms with Crippen molar-refractivity contribution in [2.24, 2.45) is 11.7 Å². The maximum atomic E-state index is 11.7. The van der Waals surface area contributed by atoms with Crippen molar-refractivity contribution in [3.8, 4) is 0 Å². The zero-order valence-electron chi connectivity index (χ0n) is 10.2. The highest BCUT2D eigenvalue weighted by molar-refractivity contribution is 7.91. The highest BCUT2D eigenvalue weighted by atomic mass is 32.2. The van der Waals surface area contributed by atoms with E-state index in [1.807, 2.05) is 6.92 Å². The average molecular weight is 248 g/mol. The van der Waals surface area contributed by atoms with Crippen LogP contribution in [-0.4, -0.2) is 51.0 Å². The van der Waals surface area contributed by atoms with Gasteiger partial charge in [-0.05, 0) is 51.4 Å². The molecule has 1 fully saturated rings. The Morgan fingerprint density at radius 2 is 1.94 bits per heavy atom. The van der Waals surface area contributed by atoms with E-state index in [1.165, 1.54) is 12.8 Å². The number of hydrogen-bond acceptors (Lipinski definition) is 4. The first-order chi connectivity index (χ1) is 7.53. The van der Waals surface area contributed by atoms with Crippen molar-refractivity contribution < 1.29 is 8.42 Å². The summed E-state index contributed by atoms with van der Waals surface area (Å²) < 4.78 is 23.4. The molecular weight excluding hydrogens is 224 g/mol. The molecule has 1 aliphatic heterocycles. The van der Waals surface area contributed by atoms with Gasteiger partial charge in [0.1, 0.15) is 0 Å². The van der Waals surface area contributed by atoms with E-state index >= 15 is 0 Å². The minimum Gasteiger partial charge on any atom is -0.330 e. The molecule has 1 saturated heterocycles. The van der Waals surface area contributed by atoms with Crippen LogP contribution in [0.4, 0.5) is 0 Å².